The summed E-state index contributed by atoms with van der Waals surface area (Å²) >= 11 is 0. The van der Waals surface area contributed by atoms with Crippen LogP contribution in [0.4, 0.5) is 23.2 Å². The zero-order valence-corrected chi connectivity index (χ0v) is 11.0. The number of rotatable bonds is 7. The molecular weight excluding hydrogens is 306 g/mol. The van der Waals surface area contributed by atoms with E-state index in [9.17, 15) is 17.6 Å². The van der Waals surface area contributed by atoms with Gasteiger partial charge in [-0.25, -0.2) is 9.97 Å². The lowest BCUT2D eigenvalue weighted by molar-refractivity contribution is -0.0691. The fourth-order valence-electron chi connectivity index (χ4n) is 1.62. The monoisotopic (exact) mass is 317 g/mol. The van der Waals surface area contributed by atoms with Crippen molar-refractivity contribution in [3.63, 3.8) is 0 Å². The van der Waals surface area contributed by atoms with E-state index in [1.54, 1.807) is 12.4 Å². The first-order valence-electron chi connectivity index (χ1n) is 6.06. The van der Waals surface area contributed by atoms with Crippen LogP contribution >= 0.6 is 0 Å². The zero-order valence-electron chi connectivity index (χ0n) is 11.0. The summed E-state index contributed by atoms with van der Waals surface area (Å²) in [6, 6.07) is 3.67. The second kappa shape index (κ2) is 7.43. The summed E-state index contributed by atoms with van der Waals surface area (Å²) in [6.07, 6.45) is 4.52. The minimum Gasteiger partial charge on any atom is -0.431 e. The van der Waals surface area contributed by atoms with Crippen molar-refractivity contribution in [2.45, 2.75) is 19.8 Å². The van der Waals surface area contributed by atoms with E-state index in [0.29, 0.717) is 12.2 Å². The van der Waals surface area contributed by atoms with Crippen molar-refractivity contribution < 1.29 is 27.0 Å². The number of anilines is 1. The SMILES string of the molecule is FC(F)Oc1ccc(NCc2cncnc2)cc1OC(F)F. The average Bonchev–Trinajstić information content (AvgIpc) is 2.47. The van der Waals surface area contributed by atoms with Crippen LogP contribution in [0.1, 0.15) is 5.56 Å². The Balaban J connectivity index is 2.11. The Morgan fingerprint density at radius 2 is 1.59 bits per heavy atom. The number of hydrogen-bond acceptors (Lipinski definition) is 5. The summed E-state index contributed by atoms with van der Waals surface area (Å²) < 4.78 is 57.4. The number of benzene rings is 1. The molecule has 1 aromatic carbocycles. The molecular formula is C13H11F4N3O2. The highest BCUT2D eigenvalue weighted by Gasteiger charge is 2.15. The van der Waals surface area contributed by atoms with Crippen molar-refractivity contribution in [3.05, 3.63) is 42.5 Å². The van der Waals surface area contributed by atoms with Crippen LogP contribution in [0, 0.1) is 0 Å². The molecule has 22 heavy (non-hydrogen) atoms. The molecule has 0 unspecified atom stereocenters. The smallest absolute Gasteiger partial charge is 0.387 e. The van der Waals surface area contributed by atoms with Crippen LogP contribution in [0.3, 0.4) is 0 Å². The van der Waals surface area contributed by atoms with Crippen molar-refractivity contribution in [1.82, 2.24) is 9.97 Å². The van der Waals surface area contributed by atoms with E-state index < -0.39 is 24.7 Å². The zero-order chi connectivity index (χ0) is 15.9. The van der Waals surface area contributed by atoms with Crippen LogP contribution in [-0.4, -0.2) is 23.2 Å². The predicted octanol–water partition coefficient (Wildman–Crippen LogP) is 3.29. The minimum absolute atomic E-state index is 0.323. The first kappa shape index (κ1) is 15.8. The van der Waals surface area contributed by atoms with Crippen LogP contribution < -0.4 is 14.8 Å². The van der Waals surface area contributed by atoms with Crippen LogP contribution in [0.2, 0.25) is 0 Å². The van der Waals surface area contributed by atoms with Gasteiger partial charge in [0.15, 0.2) is 11.5 Å². The number of halogens is 4. The fourth-order valence-corrected chi connectivity index (χ4v) is 1.62. The molecule has 2 aromatic rings. The molecule has 0 atom stereocenters. The van der Waals surface area contributed by atoms with Gasteiger partial charge in [0.05, 0.1) is 0 Å². The topological polar surface area (TPSA) is 56.3 Å². The standard InChI is InChI=1S/C13H11F4N3O2/c14-12(15)21-10-2-1-9(3-11(10)22-13(16)17)20-6-8-4-18-7-19-5-8/h1-5,7,12-13,20H,6H2. The maximum atomic E-state index is 12.3. The lowest BCUT2D eigenvalue weighted by Crippen LogP contribution is -2.08. The van der Waals surface area contributed by atoms with Crippen LogP contribution in [-0.2, 0) is 6.54 Å². The van der Waals surface area contributed by atoms with Gasteiger partial charge in [0.25, 0.3) is 0 Å². The molecule has 0 spiro atoms. The van der Waals surface area contributed by atoms with E-state index in [1.807, 2.05) is 0 Å². The summed E-state index contributed by atoms with van der Waals surface area (Å²) in [4.78, 5) is 7.64. The molecule has 0 aliphatic carbocycles. The average molecular weight is 317 g/mol. The maximum absolute atomic E-state index is 12.3. The normalized spacial score (nSPS) is 10.8. The fraction of sp³-hybridized carbons (Fsp3) is 0.231. The van der Waals surface area contributed by atoms with Crippen LogP contribution in [0.15, 0.2) is 36.9 Å². The Morgan fingerprint density at radius 3 is 2.23 bits per heavy atom. The second-order valence-corrected chi connectivity index (χ2v) is 4.02. The molecule has 1 aromatic heterocycles. The highest BCUT2D eigenvalue weighted by molar-refractivity contribution is 5.55. The van der Waals surface area contributed by atoms with E-state index in [1.165, 1.54) is 12.4 Å². The first-order valence-corrected chi connectivity index (χ1v) is 6.06. The summed E-state index contributed by atoms with van der Waals surface area (Å²) in [5.41, 5.74) is 1.15. The highest BCUT2D eigenvalue weighted by atomic mass is 19.3. The third kappa shape index (κ3) is 4.76. The Labute approximate surface area is 122 Å². The molecule has 0 bridgehead atoms. The summed E-state index contributed by atoms with van der Waals surface area (Å²) in [5, 5.41) is 2.91. The van der Waals surface area contributed by atoms with Gasteiger partial charge in [0.1, 0.15) is 6.33 Å². The van der Waals surface area contributed by atoms with E-state index in [-0.39, 0.29) is 0 Å². The Bertz CT molecular complexity index is 599. The number of nitrogens with zero attached hydrogens (tertiary/aromatic N) is 2. The van der Waals surface area contributed by atoms with Gasteiger partial charge >= 0.3 is 13.2 Å². The minimum atomic E-state index is -3.15. The largest absolute Gasteiger partial charge is 0.431 e. The third-order valence-electron chi connectivity index (χ3n) is 2.49. The van der Waals surface area contributed by atoms with Crippen molar-refractivity contribution in [2.75, 3.05) is 5.32 Å². The van der Waals surface area contributed by atoms with Crippen molar-refractivity contribution in [3.8, 4) is 11.5 Å². The molecule has 0 radical (unpaired) electrons. The summed E-state index contributed by atoms with van der Waals surface area (Å²) in [7, 11) is 0. The van der Waals surface area contributed by atoms with E-state index in [2.05, 4.69) is 24.8 Å². The molecule has 0 saturated heterocycles. The molecule has 1 heterocycles. The second-order valence-electron chi connectivity index (χ2n) is 4.02. The van der Waals surface area contributed by atoms with Gasteiger partial charge in [-0.2, -0.15) is 17.6 Å². The van der Waals surface area contributed by atoms with Crippen molar-refractivity contribution >= 4 is 5.69 Å². The number of aromatic nitrogens is 2. The Hall–Kier alpha value is -2.58. The van der Waals surface area contributed by atoms with Crippen LogP contribution in [0.5, 0.6) is 11.5 Å². The summed E-state index contributed by atoms with van der Waals surface area (Å²) in [6.45, 7) is -5.97. The molecule has 118 valence electrons. The molecule has 5 nitrogen and oxygen atoms in total. The molecule has 1 N–H and O–H groups in total. The van der Waals surface area contributed by atoms with Crippen LogP contribution in [0.25, 0.3) is 0 Å². The van der Waals surface area contributed by atoms with Gasteiger partial charge < -0.3 is 14.8 Å². The van der Waals surface area contributed by atoms with Gasteiger partial charge in [0.2, 0.25) is 0 Å². The lowest BCUT2D eigenvalue weighted by Gasteiger charge is -2.14. The number of hydrogen-bond donors (Lipinski definition) is 1. The molecule has 0 aliphatic rings. The molecule has 9 heteroatoms. The Kier molecular flexibility index (Phi) is 5.34. The molecule has 0 amide bonds. The quantitative estimate of drug-likeness (QED) is 0.794. The van der Waals surface area contributed by atoms with Crippen molar-refractivity contribution in [2.24, 2.45) is 0 Å². The van der Waals surface area contributed by atoms with Gasteiger partial charge in [-0.05, 0) is 12.1 Å². The van der Waals surface area contributed by atoms with Gasteiger partial charge in [-0.15, -0.1) is 0 Å². The third-order valence-corrected chi connectivity index (χ3v) is 2.49. The number of nitrogens with one attached hydrogen (secondary N) is 1. The van der Waals surface area contributed by atoms with Crippen molar-refractivity contribution in [1.29, 1.82) is 0 Å². The predicted molar refractivity (Wildman–Crippen MR) is 69.1 cm³/mol. The summed E-state index contributed by atoms with van der Waals surface area (Å²) in [5.74, 6) is -0.950. The van der Waals surface area contributed by atoms with Gasteiger partial charge in [-0.1, -0.05) is 0 Å². The number of ether oxygens (including phenoxy) is 2. The van der Waals surface area contributed by atoms with Gasteiger partial charge in [-0.3, -0.25) is 0 Å². The molecule has 0 fully saturated rings. The lowest BCUT2D eigenvalue weighted by atomic mass is 10.2. The van der Waals surface area contributed by atoms with Gasteiger partial charge in [0, 0.05) is 36.3 Å². The molecule has 0 saturated carbocycles. The highest BCUT2D eigenvalue weighted by Crippen LogP contribution is 2.33. The van der Waals surface area contributed by atoms with E-state index in [0.717, 1.165) is 17.7 Å². The molecule has 2 rings (SSSR count). The number of alkyl halides is 4. The first-order chi connectivity index (χ1) is 10.5. The van der Waals surface area contributed by atoms with E-state index >= 15 is 0 Å². The Morgan fingerprint density at radius 1 is 0.955 bits per heavy atom. The van der Waals surface area contributed by atoms with E-state index in [4.69, 9.17) is 0 Å². The maximum Gasteiger partial charge on any atom is 0.387 e. The molecule has 0 aliphatic heterocycles.